The summed E-state index contributed by atoms with van der Waals surface area (Å²) in [6.07, 6.45) is 4.73. The van der Waals surface area contributed by atoms with Gasteiger partial charge in [0.2, 0.25) is 0 Å². The topological polar surface area (TPSA) is 65.2 Å². The van der Waals surface area contributed by atoms with Gasteiger partial charge in [-0.3, -0.25) is 9.69 Å². The Balaban J connectivity index is 0.00000200. The van der Waals surface area contributed by atoms with Crippen LogP contribution < -0.4 is 0 Å². The number of rotatable bonds is 6. The van der Waals surface area contributed by atoms with Crippen LogP contribution >= 0.6 is 24.8 Å². The predicted octanol–water partition coefficient (Wildman–Crippen LogP) is 5.66. The van der Waals surface area contributed by atoms with Crippen molar-refractivity contribution < 1.29 is 4.79 Å². The standard InChI is InChI=1S/C30H29N5O.2ClH/c31-19-24-7-9-25(10-8-24)21-35-23-32-20-29(35)22-33-15-4-16-34(18-17-33)30(36)28-13-11-27(12-14-28)26-5-2-1-3-6-26;;/h1-3,5-14,20,23H,4,15-18,21-22H2;2*1H. The Morgan fingerprint density at radius 2 is 1.53 bits per heavy atom. The number of benzene rings is 3. The average Bonchev–Trinajstić information content (AvgIpc) is 3.22. The van der Waals surface area contributed by atoms with Gasteiger partial charge in [0.25, 0.3) is 5.91 Å². The molecule has 4 aromatic rings. The average molecular weight is 549 g/mol. The van der Waals surface area contributed by atoms with E-state index in [4.69, 9.17) is 5.26 Å². The minimum Gasteiger partial charge on any atom is -0.337 e. The van der Waals surface area contributed by atoms with Crippen LogP contribution in [-0.4, -0.2) is 51.4 Å². The monoisotopic (exact) mass is 547 g/mol. The minimum absolute atomic E-state index is 0. The molecule has 8 heteroatoms. The highest BCUT2D eigenvalue weighted by atomic mass is 35.5. The van der Waals surface area contributed by atoms with Gasteiger partial charge in [-0.1, -0.05) is 54.6 Å². The minimum atomic E-state index is 0. The first kappa shape index (κ1) is 28.9. The summed E-state index contributed by atoms with van der Waals surface area (Å²) in [6, 6.07) is 28.0. The van der Waals surface area contributed by atoms with Gasteiger partial charge in [-0.05, 0) is 47.4 Å². The van der Waals surface area contributed by atoms with Crippen LogP contribution in [0.25, 0.3) is 11.1 Å². The molecule has 1 fully saturated rings. The largest absolute Gasteiger partial charge is 0.337 e. The molecule has 0 N–H and O–H groups in total. The van der Waals surface area contributed by atoms with Gasteiger partial charge < -0.3 is 9.47 Å². The van der Waals surface area contributed by atoms with Crippen molar-refractivity contribution in [2.75, 3.05) is 26.2 Å². The Morgan fingerprint density at radius 3 is 2.24 bits per heavy atom. The number of amides is 1. The van der Waals surface area contributed by atoms with Crippen LogP contribution in [0.3, 0.4) is 0 Å². The van der Waals surface area contributed by atoms with Crippen molar-refractivity contribution >= 4 is 30.7 Å². The van der Waals surface area contributed by atoms with Crippen molar-refractivity contribution in [1.29, 1.82) is 5.26 Å². The van der Waals surface area contributed by atoms with E-state index in [9.17, 15) is 4.79 Å². The fraction of sp³-hybridized carbons (Fsp3) is 0.233. The van der Waals surface area contributed by atoms with Crippen molar-refractivity contribution in [2.24, 2.45) is 0 Å². The van der Waals surface area contributed by atoms with Gasteiger partial charge in [0.05, 0.1) is 23.7 Å². The fourth-order valence-electron chi connectivity index (χ4n) is 4.68. The van der Waals surface area contributed by atoms with Gasteiger partial charge in [0.1, 0.15) is 0 Å². The first-order valence-corrected chi connectivity index (χ1v) is 12.3. The van der Waals surface area contributed by atoms with E-state index in [1.54, 1.807) is 0 Å². The molecular formula is C30H31Cl2N5O. The Labute approximate surface area is 236 Å². The van der Waals surface area contributed by atoms with E-state index in [0.29, 0.717) is 12.1 Å². The van der Waals surface area contributed by atoms with E-state index in [1.165, 1.54) is 0 Å². The quantitative estimate of drug-likeness (QED) is 0.312. The van der Waals surface area contributed by atoms with Crippen molar-refractivity contribution in [3.63, 3.8) is 0 Å². The van der Waals surface area contributed by atoms with E-state index in [2.05, 4.69) is 32.7 Å². The number of carbonyl (C=O) groups is 1. The molecule has 0 atom stereocenters. The molecule has 0 bridgehead atoms. The number of nitrogens with zero attached hydrogens (tertiary/aromatic N) is 5. The van der Waals surface area contributed by atoms with Crippen LogP contribution in [0.2, 0.25) is 0 Å². The highest BCUT2D eigenvalue weighted by Gasteiger charge is 2.21. The molecule has 1 aliphatic heterocycles. The number of hydrogen-bond donors (Lipinski definition) is 0. The molecule has 0 saturated carbocycles. The normalized spacial score (nSPS) is 13.5. The summed E-state index contributed by atoms with van der Waals surface area (Å²) >= 11 is 0. The van der Waals surface area contributed by atoms with Crippen LogP contribution in [-0.2, 0) is 13.1 Å². The SMILES string of the molecule is Cl.Cl.N#Cc1ccc(Cn2cncc2CN2CCCN(C(=O)c3ccc(-c4ccccc4)cc3)CC2)cc1. The highest BCUT2D eigenvalue weighted by Crippen LogP contribution is 2.20. The second-order valence-electron chi connectivity index (χ2n) is 9.19. The van der Waals surface area contributed by atoms with E-state index < -0.39 is 0 Å². The lowest BCUT2D eigenvalue weighted by Gasteiger charge is -2.22. The number of nitriles is 1. The van der Waals surface area contributed by atoms with Crippen LogP contribution in [0, 0.1) is 11.3 Å². The molecule has 6 nitrogen and oxygen atoms in total. The molecule has 3 aromatic carbocycles. The lowest BCUT2D eigenvalue weighted by Crippen LogP contribution is -2.35. The molecule has 0 unspecified atom stereocenters. The summed E-state index contributed by atoms with van der Waals surface area (Å²) in [5, 5.41) is 9.01. The Hall–Kier alpha value is -3.63. The maximum Gasteiger partial charge on any atom is 0.253 e. The van der Waals surface area contributed by atoms with Crippen molar-refractivity contribution in [3.05, 3.63) is 114 Å². The van der Waals surface area contributed by atoms with Gasteiger partial charge in [-0.25, -0.2) is 4.98 Å². The first-order valence-electron chi connectivity index (χ1n) is 12.3. The van der Waals surface area contributed by atoms with E-state index in [-0.39, 0.29) is 30.7 Å². The van der Waals surface area contributed by atoms with E-state index in [1.807, 2.05) is 84.2 Å². The predicted molar refractivity (Wildman–Crippen MR) is 155 cm³/mol. The molecule has 1 aromatic heterocycles. The molecule has 38 heavy (non-hydrogen) atoms. The Bertz CT molecular complexity index is 1350. The fourth-order valence-corrected chi connectivity index (χ4v) is 4.68. The molecule has 1 saturated heterocycles. The smallest absolute Gasteiger partial charge is 0.253 e. The summed E-state index contributed by atoms with van der Waals surface area (Å²) in [6.45, 7) is 4.76. The van der Waals surface area contributed by atoms with Crippen molar-refractivity contribution in [2.45, 2.75) is 19.5 Å². The summed E-state index contributed by atoms with van der Waals surface area (Å²) in [7, 11) is 0. The van der Waals surface area contributed by atoms with Crippen LogP contribution in [0.1, 0.15) is 33.6 Å². The van der Waals surface area contributed by atoms with Gasteiger partial charge >= 0.3 is 0 Å². The van der Waals surface area contributed by atoms with E-state index >= 15 is 0 Å². The molecular weight excluding hydrogens is 517 g/mol. The third-order valence-electron chi connectivity index (χ3n) is 6.73. The summed E-state index contributed by atoms with van der Waals surface area (Å²) in [4.78, 5) is 22.0. The number of halogens is 2. The molecule has 5 rings (SSSR count). The second kappa shape index (κ2) is 13.8. The Kier molecular flexibility index (Phi) is 10.5. The number of hydrogen-bond acceptors (Lipinski definition) is 4. The maximum absolute atomic E-state index is 13.2. The lowest BCUT2D eigenvalue weighted by atomic mass is 10.0. The zero-order chi connectivity index (χ0) is 24.7. The molecule has 1 amide bonds. The van der Waals surface area contributed by atoms with Crippen LogP contribution in [0.5, 0.6) is 0 Å². The molecule has 196 valence electrons. The lowest BCUT2D eigenvalue weighted by molar-refractivity contribution is 0.0761. The van der Waals surface area contributed by atoms with Crippen LogP contribution in [0.15, 0.2) is 91.4 Å². The van der Waals surface area contributed by atoms with E-state index in [0.717, 1.165) is 67.1 Å². The summed E-state index contributed by atoms with van der Waals surface area (Å²) in [5.74, 6) is 0.0994. The van der Waals surface area contributed by atoms with Crippen molar-refractivity contribution in [1.82, 2.24) is 19.4 Å². The number of imidazole rings is 1. The Morgan fingerprint density at radius 1 is 0.816 bits per heavy atom. The number of carbonyl (C=O) groups excluding carboxylic acids is 1. The van der Waals surface area contributed by atoms with Gasteiger partial charge in [0, 0.05) is 51.0 Å². The highest BCUT2D eigenvalue weighted by molar-refractivity contribution is 5.94. The van der Waals surface area contributed by atoms with Gasteiger partial charge in [-0.2, -0.15) is 5.26 Å². The van der Waals surface area contributed by atoms with Gasteiger partial charge in [0.15, 0.2) is 0 Å². The van der Waals surface area contributed by atoms with Crippen molar-refractivity contribution in [3.8, 4) is 17.2 Å². The zero-order valence-electron chi connectivity index (χ0n) is 21.1. The third-order valence-corrected chi connectivity index (χ3v) is 6.73. The molecule has 1 aliphatic rings. The number of aromatic nitrogens is 2. The molecule has 0 radical (unpaired) electrons. The van der Waals surface area contributed by atoms with Crippen LogP contribution in [0.4, 0.5) is 0 Å². The molecule has 0 spiro atoms. The maximum atomic E-state index is 13.2. The molecule has 2 heterocycles. The first-order chi connectivity index (χ1) is 17.7. The summed E-state index contributed by atoms with van der Waals surface area (Å²) < 4.78 is 2.16. The second-order valence-corrected chi connectivity index (χ2v) is 9.19. The third kappa shape index (κ3) is 7.02. The zero-order valence-corrected chi connectivity index (χ0v) is 22.7. The molecule has 0 aliphatic carbocycles. The van der Waals surface area contributed by atoms with Gasteiger partial charge in [-0.15, -0.1) is 24.8 Å². The summed E-state index contributed by atoms with van der Waals surface area (Å²) in [5.41, 5.74) is 5.96.